The van der Waals surface area contributed by atoms with Crippen LogP contribution in [-0.2, 0) is 21.4 Å². The highest BCUT2D eigenvalue weighted by Crippen LogP contribution is 2.08. The fraction of sp³-hybridized carbons (Fsp3) is 0.409. The molecule has 0 atom stereocenters. The van der Waals surface area contributed by atoms with E-state index in [2.05, 4.69) is 44.1 Å². The fourth-order valence-corrected chi connectivity index (χ4v) is 4.49. The first-order valence-corrected chi connectivity index (χ1v) is 11.8. The van der Waals surface area contributed by atoms with Crippen LogP contribution in [0.1, 0.15) is 12.0 Å². The van der Waals surface area contributed by atoms with Crippen molar-refractivity contribution in [2.45, 2.75) is 17.9 Å². The van der Waals surface area contributed by atoms with E-state index in [1.165, 1.54) is 17.7 Å². The Bertz CT molecular complexity index is 883. The number of amides is 1. The van der Waals surface area contributed by atoms with Crippen LogP contribution in [0.2, 0.25) is 0 Å². The van der Waals surface area contributed by atoms with E-state index in [0.717, 1.165) is 39.3 Å². The van der Waals surface area contributed by atoms with Gasteiger partial charge in [0.25, 0.3) is 0 Å². The first-order valence-electron chi connectivity index (χ1n) is 10.3. The number of rotatable bonds is 10. The molecule has 0 unspecified atom stereocenters. The van der Waals surface area contributed by atoms with E-state index in [4.69, 9.17) is 0 Å². The molecule has 1 saturated heterocycles. The fourth-order valence-electron chi connectivity index (χ4n) is 3.44. The van der Waals surface area contributed by atoms with Gasteiger partial charge in [0.1, 0.15) is 0 Å². The van der Waals surface area contributed by atoms with Gasteiger partial charge in [0.05, 0.1) is 4.90 Å². The molecule has 1 amide bonds. The van der Waals surface area contributed by atoms with E-state index in [-0.39, 0.29) is 23.8 Å². The van der Waals surface area contributed by atoms with Crippen molar-refractivity contribution in [3.63, 3.8) is 0 Å². The molecule has 1 aliphatic rings. The highest BCUT2D eigenvalue weighted by atomic mass is 32.2. The van der Waals surface area contributed by atoms with Crippen LogP contribution in [0.5, 0.6) is 0 Å². The zero-order valence-corrected chi connectivity index (χ0v) is 18.0. The number of carbonyl (C=O) groups is 1. The average molecular weight is 431 g/mol. The minimum atomic E-state index is -3.56. The van der Waals surface area contributed by atoms with Crippen LogP contribution >= 0.6 is 0 Å². The molecule has 0 bridgehead atoms. The molecule has 162 valence electrons. The van der Waals surface area contributed by atoms with Crippen molar-refractivity contribution in [1.82, 2.24) is 19.8 Å². The summed E-state index contributed by atoms with van der Waals surface area (Å²) in [5.74, 6) is -0.145. The van der Waals surface area contributed by atoms with E-state index in [1.807, 2.05) is 6.07 Å². The number of sulfonamides is 1. The Labute approximate surface area is 179 Å². The second kappa shape index (κ2) is 11.2. The van der Waals surface area contributed by atoms with Crippen LogP contribution < -0.4 is 10.0 Å². The lowest BCUT2D eigenvalue weighted by Gasteiger charge is -2.34. The summed E-state index contributed by atoms with van der Waals surface area (Å²) in [5.41, 5.74) is 1.33. The van der Waals surface area contributed by atoms with Crippen molar-refractivity contribution in [1.29, 1.82) is 0 Å². The molecule has 7 nitrogen and oxygen atoms in total. The highest BCUT2D eigenvalue weighted by Gasteiger charge is 2.17. The summed E-state index contributed by atoms with van der Waals surface area (Å²) in [6, 6.07) is 18.6. The number of hydrogen-bond acceptors (Lipinski definition) is 5. The summed E-state index contributed by atoms with van der Waals surface area (Å²) < 4.78 is 26.7. The van der Waals surface area contributed by atoms with E-state index in [9.17, 15) is 13.2 Å². The van der Waals surface area contributed by atoms with Gasteiger partial charge in [-0.2, -0.15) is 0 Å². The second-order valence-corrected chi connectivity index (χ2v) is 9.18. The summed E-state index contributed by atoms with van der Waals surface area (Å²) in [5, 5.41) is 2.88. The van der Waals surface area contributed by atoms with E-state index >= 15 is 0 Å². The molecule has 2 N–H and O–H groups in total. The lowest BCUT2D eigenvalue weighted by Crippen LogP contribution is -2.48. The van der Waals surface area contributed by atoms with Gasteiger partial charge < -0.3 is 5.32 Å². The van der Waals surface area contributed by atoms with Gasteiger partial charge in [0.15, 0.2) is 0 Å². The normalized spacial score (nSPS) is 15.7. The molecule has 0 aliphatic carbocycles. The topological polar surface area (TPSA) is 81.7 Å². The predicted molar refractivity (Wildman–Crippen MR) is 117 cm³/mol. The van der Waals surface area contributed by atoms with Crippen molar-refractivity contribution in [3.8, 4) is 0 Å². The number of carbonyl (C=O) groups excluding carboxylic acids is 1. The molecule has 0 aromatic heterocycles. The summed E-state index contributed by atoms with van der Waals surface area (Å²) in [6.45, 7) is 6.45. The predicted octanol–water partition coefficient (Wildman–Crippen LogP) is 1.29. The second-order valence-electron chi connectivity index (χ2n) is 7.41. The number of nitrogens with zero attached hydrogens (tertiary/aromatic N) is 2. The van der Waals surface area contributed by atoms with E-state index in [1.54, 1.807) is 18.2 Å². The SMILES string of the molecule is O=C(CCNS(=O)(=O)c1ccccc1)NCCN1CCN(Cc2ccccc2)CC1. The van der Waals surface area contributed by atoms with Crippen molar-refractivity contribution in [2.75, 3.05) is 45.8 Å². The molecule has 30 heavy (non-hydrogen) atoms. The van der Waals surface area contributed by atoms with E-state index < -0.39 is 10.0 Å². The van der Waals surface area contributed by atoms with Crippen LogP contribution in [0.15, 0.2) is 65.6 Å². The summed E-state index contributed by atoms with van der Waals surface area (Å²) in [4.78, 5) is 17.0. The van der Waals surface area contributed by atoms with Gasteiger partial charge >= 0.3 is 0 Å². The monoisotopic (exact) mass is 430 g/mol. The molecule has 2 aromatic carbocycles. The lowest BCUT2D eigenvalue weighted by atomic mass is 10.2. The zero-order valence-electron chi connectivity index (χ0n) is 17.2. The Morgan fingerprint density at radius 1 is 0.833 bits per heavy atom. The van der Waals surface area contributed by atoms with E-state index in [0.29, 0.717) is 6.54 Å². The minimum Gasteiger partial charge on any atom is -0.355 e. The smallest absolute Gasteiger partial charge is 0.240 e. The molecular weight excluding hydrogens is 400 g/mol. The Morgan fingerprint density at radius 2 is 1.43 bits per heavy atom. The third-order valence-electron chi connectivity index (χ3n) is 5.16. The Morgan fingerprint density at radius 3 is 2.10 bits per heavy atom. The number of piperazine rings is 1. The third-order valence-corrected chi connectivity index (χ3v) is 6.64. The van der Waals surface area contributed by atoms with Gasteiger partial charge in [-0.15, -0.1) is 0 Å². The summed E-state index contributed by atoms with van der Waals surface area (Å²) >= 11 is 0. The average Bonchev–Trinajstić information content (AvgIpc) is 2.76. The van der Waals surface area contributed by atoms with Gasteiger partial charge in [-0.05, 0) is 17.7 Å². The van der Waals surface area contributed by atoms with Crippen LogP contribution in [0, 0.1) is 0 Å². The summed E-state index contributed by atoms with van der Waals surface area (Å²) in [7, 11) is -3.56. The first kappa shape index (κ1) is 22.4. The van der Waals surface area contributed by atoms with Crippen LogP contribution in [0.25, 0.3) is 0 Å². The van der Waals surface area contributed by atoms with Gasteiger partial charge in [-0.3, -0.25) is 14.6 Å². The zero-order chi connectivity index (χ0) is 21.2. The van der Waals surface area contributed by atoms with Gasteiger partial charge in [-0.1, -0.05) is 48.5 Å². The van der Waals surface area contributed by atoms with Crippen LogP contribution in [0.3, 0.4) is 0 Å². The molecule has 0 saturated carbocycles. The molecule has 3 rings (SSSR count). The lowest BCUT2D eigenvalue weighted by molar-refractivity contribution is -0.121. The van der Waals surface area contributed by atoms with Crippen LogP contribution in [0.4, 0.5) is 0 Å². The highest BCUT2D eigenvalue weighted by molar-refractivity contribution is 7.89. The summed E-state index contributed by atoms with van der Waals surface area (Å²) in [6.07, 6.45) is 0.122. The van der Waals surface area contributed by atoms with Crippen molar-refractivity contribution < 1.29 is 13.2 Å². The first-order chi connectivity index (χ1) is 14.5. The molecule has 2 aromatic rings. The largest absolute Gasteiger partial charge is 0.355 e. The molecule has 8 heteroatoms. The Kier molecular flexibility index (Phi) is 8.39. The molecule has 1 fully saturated rings. The molecule has 0 radical (unpaired) electrons. The molecule has 1 heterocycles. The quantitative estimate of drug-likeness (QED) is 0.594. The van der Waals surface area contributed by atoms with Crippen LogP contribution in [-0.4, -0.2) is 69.9 Å². The molecular formula is C22H30N4O3S. The van der Waals surface area contributed by atoms with Crippen molar-refractivity contribution >= 4 is 15.9 Å². The number of hydrogen-bond donors (Lipinski definition) is 2. The maximum Gasteiger partial charge on any atom is 0.240 e. The Balaban J connectivity index is 1.27. The standard InChI is InChI=1S/C22H30N4O3S/c27-22(11-12-24-30(28,29)21-9-5-2-6-10-21)23-13-14-25-15-17-26(18-16-25)19-20-7-3-1-4-8-20/h1-10,24H,11-19H2,(H,23,27). The van der Waals surface area contributed by atoms with Crippen molar-refractivity contribution in [2.24, 2.45) is 0 Å². The minimum absolute atomic E-state index is 0.0845. The van der Waals surface area contributed by atoms with Gasteiger partial charge in [0.2, 0.25) is 15.9 Å². The van der Waals surface area contributed by atoms with Gasteiger partial charge in [0, 0.05) is 58.8 Å². The van der Waals surface area contributed by atoms with Crippen molar-refractivity contribution in [3.05, 3.63) is 66.2 Å². The molecule has 0 spiro atoms. The number of benzene rings is 2. The Hall–Kier alpha value is -2.26. The maximum atomic E-state index is 12.1. The van der Waals surface area contributed by atoms with Gasteiger partial charge in [-0.25, -0.2) is 13.1 Å². The third kappa shape index (κ3) is 7.21. The maximum absolute atomic E-state index is 12.1. The molecule has 1 aliphatic heterocycles. The number of nitrogens with one attached hydrogen (secondary N) is 2.